The van der Waals surface area contributed by atoms with Crippen molar-refractivity contribution < 1.29 is 0 Å². The number of nitrogens with one attached hydrogen (secondary N) is 1. The van der Waals surface area contributed by atoms with Gasteiger partial charge in [-0.2, -0.15) is 5.26 Å². The quantitative estimate of drug-likeness (QED) is 0.916. The van der Waals surface area contributed by atoms with Crippen LogP contribution in [0.5, 0.6) is 0 Å². The number of benzene rings is 1. The lowest BCUT2D eigenvalue weighted by atomic mass is 9.94. The Morgan fingerprint density at radius 1 is 1.18 bits per heavy atom. The molecule has 1 atom stereocenters. The smallest absolute Gasteiger partial charge is 0.121 e. The second kappa shape index (κ2) is 6.18. The van der Waals surface area contributed by atoms with Gasteiger partial charge in [0, 0.05) is 10.5 Å². The Morgan fingerprint density at radius 2 is 1.82 bits per heavy atom. The second-order valence-electron chi connectivity index (χ2n) is 4.62. The van der Waals surface area contributed by atoms with Crippen molar-refractivity contribution in [2.45, 2.75) is 44.2 Å². The zero-order valence-electron chi connectivity index (χ0n) is 9.82. The summed E-state index contributed by atoms with van der Waals surface area (Å²) in [5, 5.41) is 12.7. The molecule has 0 aliphatic heterocycles. The third-order valence-corrected chi connectivity index (χ3v) is 3.87. The third kappa shape index (κ3) is 3.55. The van der Waals surface area contributed by atoms with E-state index in [0.29, 0.717) is 6.04 Å². The summed E-state index contributed by atoms with van der Waals surface area (Å²) >= 11 is 3.41. The van der Waals surface area contributed by atoms with E-state index in [0.717, 1.165) is 10.0 Å². The van der Waals surface area contributed by atoms with Crippen molar-refractivity contribution in [2.75, 3.05) is 0 Å². The molecular weight excluding hydrogens is 276 g/mol. The lowest BCUT2D eigenvalue weighted by molar-refractivity contribution is 0.360. The summed E-state index contributed by atoms with van der Waals surface area (Å²) in [4.78, 5) is 0. The standard InChI is InChI=1S/C14H17BrN2/c15-12-8-6-11(7-9-12)14(10-16)17-13-4-2-1-3-5-13/h6-9,13-14,17H,1-5H2. The van der Waals surface area contributed by atoms with E-state index in [1.54, 1.807) is 0 Å². The van der Waals surface area contributed by atoms with Gasteiger partial charge in [0.05, 0.1) is 6.07 Å². The molecule has 0 spiro atoms. The van der Waals surface area contributed by atoms with Crippen LogP contribution in [0.15, 0.2) is 28.7 Å². The van der Waals surface area contributed by atoms with Crippen LogP contribution >= 0.6 is 15.9 Å². The number of rotatable bonds is 3. The number of hydrogen-bond donors (Lipinski definition) is 1. The van der Waals surface area contributed by atoms with Gasteiger partial charge in [-0.15, -0.1) is 0 Å². The van der Waals surface area contributed by atoms with Crippen molar-refractivity contribution in [2.24, 2.45) is 0 Å². The van der Waals surface area contributed by atoms with Gasteiger partial charge in [-0.3, -0.25) is 5.32 Å². The van der Waals surface area contributed by atoms with E-state index in [1.165, 1.54) is 32.1 Å². The van der Waals surface area contributed by atoms with E-state index in [9.17, 15) is 5.26 Å². The summed E-state index contributed by atoms with van der Waals surface area (Å²) in [5.74, 6) is 0. The number of nitriles is 1. The highest BCUT2D eigenvalue weighted by Crippen LogP contribution is 2.22. The van der Waals surface area contributed by atoms with Crippen LogP contribution in [0, 0.1) is 11.3 Å². The number of nitrogens with zero attached hydrogens (tertiary/aromatic N) is 1. The molecule has 17 heavy (non-hydrogen) atoms. The van der Waals surface area contributed by atoms with Crippen LogP contribution in [0.4, 0.5) is 0 Å². The lowest BCUT2D eigenvalue weighted by Gasteiger charge is -2.25. The molecule has 1 saturated carbocycles. The minimum absolute atomic E-state index is 0.175. The SMILES string of the molecule is N#CC(NC1CCCCC1)c1ccc(Br)cc1. The number of halogens is 1. The molecule has 1 fully saturated rings. The summed E-state index contributed by atoms with van der Waals surface area (Å²) in [6, 6.07) is 10.7. The van der Waals surface area contributed by atoms with E-state index >= 15 is 0 Å². The van der Waals surface area contributed by atoms with Gasteiger partial charge in [0.15, 0.2) is 0 Å². The highest BCUT2D eigenvalue weighted by Gasteiger charge is 2.18. The lowest BCUT2D eigenvalue weighted by Crippen LogP contribution is -2.33. The number of hydrogen-bond acceptors (Lipinski definition) is 2. The highest BCUT2D eigenvalue weighted by molar-refractivity contribution is 9.10. The summed E-state index contributed by atoms with van der Waals surface area (Å²) in [6.45, 7) is 0. The van der Waals surface area contributed by atoms with E-state index < -0.39 is 0 Å². The Hall–Kier alpha value is -0.850. The zero-order valence-corrected chi connectivity index (χ0v) is 11.4. The second-order valence-corrected chi connectivity index (χ2v) is 5.53. The van der Waals surface area contributed by atoms with Crippen molar-refractivity contribution >= 4 is 15.9 Å². The first kappa shape index (κ1) is 12.6. The molecular formula is C14H17BrN2. The average molecular weight is 293 g/mol. The molecule has 1 aromatic rings. The molecule has 2 rings (SSSR count). The molecule has 1 N–H and O–H groups in total. The Morgan fingerprint density at radius 3 is 2.41 bits per heavy atom. The molecule has 0 amide bonds. The normalized spacial score (nSPS) is 18.6. The first-order chi connectivity index (χ1) is 8.29. The van der Waals surface area contributed by atoms with Crippen molar-refractivity contribution in [3.8, 4) is 6.07 Å². The highest BCUT2D eigenvalue weighted by atomic mass is 79.9. The molecule has 1 aliphatic rings. The molecule has 1 aromatic carbocycles. The van der Waals surface area contributed by atoms with Crippen LogP contribution < -0.4 is 5.32 Å². The van der Waals surface area contributed by atoms with E-state index in [2.05, 4.69) is 27.3 Å². The van der Waals surface area contributed by atoms with Gasteiger partial charge >= 0.3 is 0 Å². The Labute approximate surface area is 111 Å². The molecule has 3 heteroatoms. The third-order valence-electron chi connectivity index (χ3n) is 3.34. The maximum Gasteiger partial charge on any atom is 0.121 e. The van der Waals surface area contributed by atoms with Gasteiger partial charge in [-0.05, 0) is 30.5 Å². The minimum atomic E-state index is -0.175. The van der Waals surface area contributed by atoms with Gasteiger partial charge in [0.25, 0.3) is 0 Å². The minimum Gasteiger partial charge on any atom is -0.295 e. The Kier molecular flexibility index (Phi) is 4.58. The van der Waals surface area contributed by atoms with Crippen LogP contribution in [-0.2, 0) is 0 Å². The first-order valence-corrected chi connectivity index (χ1v) is 7.00. The van der Waals surface area contributed by atoms with Crippen LogP contribution in [0.2, 0.25) is 0 Å². The Balaban J connectivity index is 2.01. The molecule has 90 valence electrons. The summed E-state index contributed by atoms with van der Waals surface area (Å²) < 4.78 is 1.05. The van der Waals surface area contributed by atoms with Crippen LogP contribution in [0.1, 0.15) is 43.7 Å². The van der Waals surface area contributed by atoms with Crippen LogP contribution in [0.25, 0.3) is 0 Å². The predicted octanol–water partition coefficient (Wildman–Crippen LogP) is 3.94. The zero-order chi connectivity index (χ0) is 12.1. The van der Waals surface area contributed by atoms with Gasteiger partial charge in [0.2, 0.25) is 0 Å². The predicted molar refractivity (Wildman–Crippen MR) is 72.5 cm³/mol. The van der Waals surface area contributed by atoms with Gasteiger partial charge in [0.1, 0.15) is 6.04 Å². The van der Waals surface area contributed by atoms with Gasteiger partial charge in [-0.1, -0.05) is 47.3 Å². The van der Waals surface area contributed by atoms with E-state index in [1.807, 2.05) is 24.3 Å². The van der Waals surface area contributed by atoms with Crippen molar-refractivity contribution in [1.29, 1.82) is 5.26 Å². The fourth-order valence-corrected chi connectivity index (χ4v) is 2.63. The molecule has 0 radical (unpaired) electrons. The maximum absolute atomic E-state index is 9.26. The van der Waals surface area contributed by atoms with Crippen molar-refractivity contribution in [1.82, 2.24) is 5.32 Å². The summed E-state index contributed by atoms with van der Waals surface area (Å²) in [6.07, 6.45) is 6.32. The summed E-state index contributed by atoms with van der Waals surface area (Å²) in [7, 11) is 0. The summed E-state index contributed by atoms with van der Waals surface area (Å²) in [5.41, 5.74) is 1.06. The molecule has 1 unspecified atom stereocenters. The fraction of sp³-hybridized carbons (Fsp3) is 0.500. The van der Waals surface area contributed by atoms with E-state index in [4.69, 9.17) is 0 Å². The molecule has 2 nitrogen and oxygen atoms in total. The van der Waals surface area contributed by atoms with Crippen molar-refractivity contribution in [3.63, 3.8) is 0 Å². The topological polar surface area (TPSA) is 35.8 Å². The molecule has 0 heterocycles. The molecule has 0 saturated heterocycles. The maximum atomic E-state index is 9.26. The van der Waals surface area contributed by atoms with E-state index in [-0.39, 0.29) is 6.04 Å². The van der Waals surface area contributed by atoms with Crippen LogP contribution in [-0.4, -0.2) is 6.04 Å². The average Bonchev–Trinajstić information content (AvgIpc) is 2.38. The fourth-order valence-electron chi connectivity index (χ4n) is 2.37. The van der Waals surface area contributed by atoms with Gasteiger partial charge < -0.3 is 0 Å². The monoisotopic (exact) mass is 292 g/mol. The van der Waals surface area contributed by atoms with Crippen LogP contribution in [0.3, 0.4) is 0 Å². The Bertz CT molecular complexity index is 388. The first-order valence-electron chi connectivity index (χ1n) is 6.21. The van der Waals surface area contributed by atoms with Gasteiger partial charge in [-0.25, -0.2) is 0 Å². The molecule has 0 bridgehead atoms. The molecule has 0 aromatic heterocycles. The molecule has 1 aliphatic carbocycles. The largest absolute Gasteiger partial charge is 0.295 e. The van der Waals surface area contributed by atoms with Crippen molar-refractivity contribution in [3.05, 3.63) is 34.3 Å².